The predicted octanol–water partition coefficient (Wildman–Crippen LogP) is 5.12. The number of pyridine rings is 1. The highest BCUT2D eigenvalue weighted by atomic mass is 35.5. The number of H-pyrrole nitrogens is 1. The first-order valence-corrected chi connectivity index (χ1v) is 11.0. The minimum absolute atomic E-state index is 0.0835. The normalized spacial score (nSPS) is 19.7. The summed E-state index contributed by atoms with van der Waals surface area (Å²) in [7, 11) is 0. The number of hydrogen-bond acceptors (Lipinski definition) is 6. The fraction of sp³-hybridized carbons (Fsp3) is 0.333. The molecule has 6 nitrogen and oxygen atoms in total. The van der Waals surface area contributed by atoms with E-state index in [1.807, 2.05) is 24.3 Å². The number of nitrogens with one attached hydrogen (secondary N) is 2. The molecule has 1 aliphatic carbocycles. The predicted molar refractivity (Wildman–Crippen MR) is 117 cm³/mol. The Kier molecular flexibility index (Phi) is 5.03. The second-order valence-corrected chi connectivity index (χ2v) is 8.81. The van der Waals surface area contributed by atoms with Crippen molar-refractivity contribution in [2.24, 2.45) is 0 Å². The minimum atomic E-state index is -0.299. The van der Waals surface area contributed by atoms with E-state index in [2.05, 4.69) is 20.3 Å². The lowest BCUT2D eigenvalue weighted by Gasteiger charge is -2.27. The molecule has 0 amide bonds. The lowest BCUT2D eigenvalue weighted by Crippen LogP contribution is -2.36. The van der Waals surface area contributed by atoms with Crippen LogP contribution < -0.4 is 10.1 Å². The molecule has 2 atom stereocenters. The fourth-order valence-corrected chi connectivity index (χ4v) is 5.08. The van der Waals surface area contributed by atoms with Crippen LogP contribution in [-0.4, -0.2) is 32.2 Å². The number of aromatic amines is 1. The van der Waals surface area contributed by atoms with Crippen LogP contribution in [0.2, 0.25) is 5.02 Å². The minimum Gasteiger partial charge on any atom is -0.489 e. The topological polar surface area (TPSA) is 83.1 Å². The van der Waals surface area contributed by atoms with Crippen LogP contribution in [0.15, 0.2) is 36.7 Å². The fourth-order valence-electron chi connectivity index (χ4n) is 3.86. The highest BCUT2D eigenvalue weighted by molar-refractivity contribution is 7.22. The van der Waals surface area contributed by atoms with Crippen LogP contribution in [0.3, 0.4) is 0 Å². The van der Waals surface area contributed by atoms with E-state index in [1.165, 1.54) is 0 Å². The van der Waals surface area contributed by atoms with Gasteiger partial charge in [0, 0.05) is 23.3 Å². The molecule has 0 saturated heterocycles. The number of aliphatic hydroxyl groups excluding tert-OH is 1. The Hall–Kier alpha value is -2.35. The van der Waals surface area contributed by atoms with E-state index in [-0.39, 0.29) is 12.1 Å². The summed E-state index contributed by atoms with van der Waals surface area (Å²) in [5.41, 5.74) is 2.67. The summed E-state index contributed by atoms with van der Waals surface area (Å²) < 4.78 is 7.08. The number of nitrogens with zero attached hydrogens (tertiary/aromatic N) is 2. The first-order valence-electron chi connectivity index (χ1n) is 9.76. The van der Waals surface area contributed by atoms with Crippen LogP contribution in [0.25, 0.3) is 21.3 Å². The molecule has 5 rings (SSSR count). The molecule has 29 heavy (non-hydrogen) atoms. The summed E-state index contributed by atoms with van der Waals surface area (Å²) in [6.45, 7) is 0.403. The van der Waals surface area contributed by atoms with Gasteiger partial charge in [-0.3, -0.25) is 0 Å². The third kappa shape index (κ3) is 3.77. The summed E-state index contributed by atoms with van der Waals surface area (Å²) in [6, 6.07) is 7.91. The van der Waals surface area contributed by atoms with Gasteiger partial charge in [0.2, 0.25) is 0 Å². The number of halogens is 1. The lowest BCUT2D eigenvalue weighted by molar-refractivity contribution is 0.116. The molecule has 1 aromatic carbocycles. The van der Waals surface area contributed by atoms with Gasteiger partial charge in [-0.1, -0.05) is 35.8 Å². The zero-order valence-corrected chi connectivity index (χ0v) is 17.3. The maximum atomic E-state index is 10.2. The largest absolute Gasteiger partial charge is 0.489 e. The average Bonchev–Trinajstić information content (AvgIpc) is 3.31. The van der Waals surface area contributed by atoms with Crippen molar-refractivity contribution < 1.29 is 9.84 Å². The lowest BCUT2D eigenvalue weighted by atomic mass is 9.93. The quantitative estimate of drug-likeness (QED) is 0.411. The number of fused-ring (bicyclic) bond motifs is 2. The van der Waals surface area contributed by atoms with Crippen molar-refractivity contribution >= 4 is 49.3 Å². The molecule has 0 spiro atoms. The van der Waals surface area contributed by atoms with Crippen molar-refractivity contribution in [1.82, 2.24) is 15.0 Å². The van der Waals surface area contributed by atoms with Gasteiger partial charge in [-0.2, -0.15) is 0 Å². The van der Waals surface area contributed by atoms with Gasteiger partial charge in [0.15, 0.2) is 5.13 Å². The van der Waals surface area contributed by atoms with E-state index >= 15 is 0 Å². The van der Waals surface area contributed by atoms with Crippen LogP contribution >= 0.6 is 22.9 Å². The molecule has 3 aromatic heterocycles. The number of benzene rings is 1. The maximum Gasteiger partial charge on any atom is 0.184 e. The molecule has 0 radical (unpaired) electrons. The third-order valence-corrected chi connectivity index (χ3v) is 6.65. The van der Waals surface area contributed by atoms with Crippen LogP contribution in [0.4, 0.5) is 5.13 Å². The molecular formula is C21H21ClN4O2S. The Balaban J connectivity index is 1.32. The Morgan fingerprint density at radius 2 is 2.17 bits per heavy atom. The van der Waals surface area contributed by atoms with Gasteiger partial charge >= 0.3 is 0 Å². The van der Waals surface area contributed by atoms with Crippen molar-refractivity contribution in [3.63, 3.8) is 0 Å². The standard InChI is InChI=1S/C21H21ClN4O2S/c22-14-10-24-20-19(14)12(7-8-23-20)11-28-13-5-6-16-18(9-13)29-21(26-16)25-15-3-1-2-4-17(15)27/h5-10,15,17,27H,1-4,11H2,(H,23,24)(H,25,26)/t15?,17-/m1/s1. The van der Waals surface area contributed by atoms with Crippen molar-refractivity contribution in [1.29, 1.82) is 0 Å². The second kappa shape index (κ2) is 7.82. The summed E-state index contributed by atoms with van der Waals surface area (Å²) in [5.74, 6) is 0.780. The SMILES string of the molecule is O[C@@H]1CCCCC1Nc1nc2ccc(OCc3ccnc4[nH]cc(Cl)c34)cc2s1. The third-order valence-electron chi connectivity index (χ3n) is 5.40. The Morgan fingerprint density at radius 1 is 1.28 bits per heavy atom. The van der Waals surface area contributed by atoms with Gasteiger partial charge in [0.25, 0.3) is 0 Å². The molecule has 1 aliphatic rings. The Morgan fingerprint density at radius 3 is 3.07 bits per heavy atom. The van der Waals surface area contributed by atoms with E-state index in [4.69, 9.17) is 16.3 Å². The average molecular weight is 429 g/mol. The molecule has 3 N–H and O–H groups in total. The number of ether oxygens (including phenoxy) is 1. The number of aromatic nitrogens is 3. The number of hydrogen-bond donors (Lipinski definition) is 3. The summed E-state index contributed by atoms with van der Waals surface area (Å²) in [4.78, 5) is 12.0. The van der Waals surface area contributed by atoms with E-state index in [0.29, 0.717) is 11.6 Å². The van der Waals surface area contributed by atoms with Gasteiger partial charge < -0.3 is 20.1 Å². The molecule has 1 saturated carbocycles. The van der Waals surface area contributed by atoms with Gasteiger partial charge in [-0.15, -0.1) is 0 Å². The Bertz CT molecular complexity index is 1160. The van der Waals surface area contributed by atoms with Crippen LogP contribution in [0, 0.1) is 0 Å². The highest BCUT2D eigenvalue weighted by Crippen LogP contribution is 2.32. The molecule has 4 aromatic rings. The maximum absolute atomic E-state index is 10.2. The molecule has 8 heteroatoms. The number of anilines is 1. The van der Waals surface area contributed by atoms with Crippen molar-refractivity contribution in [2.75, 3.05) is 5.32 Å². The van der Waals surface area contributed by atoms with Gasteiger partial charge in [0.05, 0.1) is 27.4 Å². The first kappa shape index (κ1) is 18.7. The number of thiazole rings is 1. The van der Waals surface area contributed by atoms with Crippen LogP contribution in [0.1, 0.15) is 31.2 Å². The van der Waals surface area contributed by atoms with E-state index < -0.39 is 0 Å². The van der Waals surface area contributed by atoms with Gasteiger partial charge in [-0.05, 0) is 37.1 Å². The van der Waals surface area contributed by atoms with Crippen molar-refractivity contribution in [2.45, 2.75) is 44.4 Å². The Labute approximate surface area is 176 Å². The number of aliphatic hydroxyl groups is 1. The monoisotopic (exact) mass is 428 g/mol. The second-order valence-electron chi connectivity index (χ2n) is 7.37. The summed E-state index contributed by atoms with van der Waals surface area (Å²) in [6.07, 6.45) is 7.26. The molecule has 0 aliphatic heterocycles. The zero-order chi connectivity index (χ0) is 19.8. The summed E-state index contributed by atoms with van der Waals surface area (Å²) >= 11 is 7.86. The molecule has 3 heterocycles. The van der Waals surface area contributed by atoms with E-state index in [9.17, 15) is 5.11 Å². The van der Waals surface area contributed by atoms with Crippen LogP contribution in [0.5, 0.6) is 5.75 Å². The van der Waals surface area contributed by atoms with Crippen LogP contribution in [-0.2, 0) is 6.61 Å². The molecule has 1 fully saturated rings. The molecule has 0 bridgehead atoms. The van der Waals surface area contributed by atoms with Crippen molar-refractivity contribution in [3.05, 3.63) is 47.2 Å². The first-order chi connectivity index (χ1) is 14.2. The summed E-state index contributed by atoms with van der Waals surface area (Å²) in [5, 5.41) is 16.0. The smallest absolute Gasteiger partial charge is 0.184 e. The number of rotatable bonds is 5. The molecule has 150 valence electrons. The van der Waals surface area contributed by atoms with Gasteiger partial charge in [0.1, 0.15) is 18.0 Å². The van der Waals surface area contributed by atoms with Gasteiger partial charge in [-0.25, -0.2) is 9.97 Å². The van der Waals surface area contributed by atoms with E-state index in [0.717, 1.165) is 63.4 Å². The van der Waals surface area contributed by atoms with E-state index in [1.54, 1.807) is 23.7 Å². The molecule has 1 unspecified atom stereocenters. The molecular weight excluding hydrogens is 408 g/mol. The van der Waals surface area contributed by atoms with Crippen molar-refractivity contribution in [3.8, 4) is 5.75 Å². The highest BCUT2D eigenvalue weighted by Gasteiger charge is 2.23. The zero-order valence-electron chi connectivity index (χ0n) is 15.7.